The van der Waals surface area contributed by atoms with Crippen LogP contribution >= 0.6 is 22.6 Å². The predicted octanol–water partition coefficient (Wildman–Crippen LogP) is 2.07. The molecule has 0 unspecified atom stereocenters. The number of anilines is 2. The summed E-state index contributed by atoms with van der Waals surface area (Å²) in [4.78, 5) is 7.87. The molecule has 8 heteroatoms. The molecule has 7 nitrogen and oxygen atoms in total. The molecule has 18 heavy (non-hydrogen) atoms. The predicted molar refractivity (Wildman–Crippen MR) is 71.5 cm³/mol. The largest absolute Gasteiger partial charge is 0.491 e. The Balaban J connectivity index is 1.98. The van der Waals surface area contributed by atoms with Crippen LogP contribution in [0.2, 0.25) is 0 Å². The van der Waals surface area contributed by atoms with Crippen LogP contribution in [0.3, 0.4) is 0 Å². The first-order chi connectivity index (χ1) is 8.72. The van der Waals surface area contributed by atoms with Gasteiger partial charge >= 0.3 is 0 Å². The monoisotopic (exact) mass is 355 g/mol. The number of hydrogen-bond donors (Lipinski definition) is 2. The second kappa shape index (κ2) is 4.37. The fourth-order valence-electron chi connectivity index (χ4n) is 1.38. The van der Waals surface area contributed by atoms with Crippen molar-refractivity contribution >= 4 is 45.4 Å². The molecule has 0 radical (unpaired) electrons. The maximum atomic E-state index is 9.70. The van der Waals surface area contributed by atoms with Crippen molar-refractivity contribution in [2.75, 3.05) is 5.32 Å². The van der Waals surface area contributed by atoms with Crippen LogP contribution < -0.4 is 5.32 Å². The van der Waals surface area contributed by atoms with Crippen molar-refractivity contribution in [3.05, 3.63) is 27.8 Å². The van der Waals surface area contributed by atoms with Crippen molar-refractivity contribution in [2.45, 2.75) is 0 Å². The van der Waals surface area contributed by atoms with E-state index in [-0.39, 0.29) is 23.0 Å². The van der Waals surface area contributed by atoms with E-state index in [0.717, 1.165) is 9.26 Å². The van der Waals surface area contributed by atoms with Gasteiger partial charge in [-0.15, -0.1) is 0 Å². The van der Waals surface area contributed by atoms with Gasteiger partial charge in [-0.1, -0.05) is 0 Å². The molecule has 0 spiro atoms. The highest BCUT2D eigenvalue weighted by atomic mass is 127. The molecule has 0 saturated heterocycles. The molecule has 0 amide bonds. The molecule has 2 aromatic heterocycles. The first kappa shape index (κ1) is 11.1. The van der Waals surface area contributed by atoms with Gasteiger partial charge in [-0.2, -0.15) is 9.97 Å². The van der Waals surface area contributed by atoms with Gasteiger partial charge in [-0.25, -0.2) is 4.63 Å². The maximum Gasteiger partial charge on any atom is 0.257 e. The second-order valence-corrected chi connectivity index (χ2v) is 4.68. The minimum atomic E-state index is -0.253. The Kier molecular flexibility index (Phi) is 2.70. The molecule has 2 heterocycles. The van der Waals surface area contributed by atoms with E-state index >= 15 is 0 Å². The first-order valence-electron chi connectivity index (χ1n) is 4.94. The smallest absolute Gasteiger partial charge is 0.257 e. The highest BCUT2D eigenvalue weighted by molar-refractivity contribution is 14.1. The zero-order valence-corrected chi connectivity index (χ0v) is 11.0. The minimum absolute atomic E-state index is 0.167. The number of fused-ring (bicyclic) bond motifs is 1. The number of nitrogens with zero attached hydrogens (tertiary/aromatic N) is 4. The highest BCUT2D eigenvalue weighted by Crippen LogP contribution is 2.24. The minimum Gasteiger partial charge on any atom is -0.491 e. The second-order valence-electron chi connectivity index (χ2n) is 3.44. The third-order valence-electron chi connectivity index (χ3n) is 2.20. The molecule has 3 rings (SSSR count). The van der Waals surface area contributed by atoms with Crippen LogP contribution in [-0.4, -0.2) is 25.4 Å². The van der Waals surface area contributed by atoms with Crippen molar-refractivity contribution in [1.82, 2.24) is 20.3 Å². The summed E-state index contributed by atoms with van der Waals surface area (Å²) in [5, 5.41) is 19.7. The van der Waals surface area contributed by atoms with Crippen LogP contribution in [0.15, 0.2) is 28.9 Å². The SMILES string of the molecule is Oc1nc2nonc2nc1Nc1ccc(I)cc1. The van der Waals surface area contributed by atoms with E-state index in [1.807, 2.05) is 24.3 Å². The third-order valence-corrected chi connectivity index (χ3v) is 2.92. The van der Waals surface area contributed by atoms with Crippen LogP contribution in [0.4, 0.5) is 11.5 Å². The average molecular weight is 355 g/mol. The van der Waals surface area contributed by atoms with Gasteiger partial charge in [0.25, 0.3) is 5.88 Å². The molecule has 0 aliphatic rings. The molecule has 1 aromatic carbocycles. The van der Waals surface area contributed by atoms with Crippen LogP contribution in [-0.2, 0) is 0 Å². The summed E-state index contributed by atoms with van der Waals surface area (Å²) >= 11 is 2.21. The van der Waals surface area contributed by atoms with E-state index < -0.39 is 0 Å². The van der Waals surface area contributed by atoms with E-state index in [1.54, 1.807) is 0 Å². The van der Waals surface area contributed by atoms with Gasteiger partial charge in [0, 0.05) is 9.26 Å². The van der Waals surface area contributed by atoms with Gasteiger partial charge in [0.05, 0.1) is 0 Å². The summed E-state index contributed by atoms with van der Waals surface area (Å²) in [7, 11) is 0. The third kappa shape index (κ3) is 2.06. The summed E-state index contributed by atoms with van der Waals surface area (Å²) in [5.74, 6) is -0.0452. The van der Waals surface area contributed by atoms with Gasteiger partial charge < -0.3 is 10.4 Å². The molecule has 0 atom stereocenters. The zero-order chi connectivity index (χ0) is 12.5. The van der Waals surface area contributed by atoms with E-state index in [2.05, 4.69) is 52.8 Å². The van der Waals surface area contributed by atoms with Gasteiger partial charge in [0.1, 0.15) is 0 Å². The molecule has 0 fully saturated rings. The Bertz CT molecular complexity index is 697. The van der Waals surface area contributed by atoms with Crippen molar-refractivity contribution in [3.63, 3.8) is 0 Å². The number of aromatic hydroxyl groups is 1. The van der Waals surface area contributed by atoms with Crippen molar-refractivity contribution in [1.29, 1.82) is 0 Å². The lowest BCUT2D eigenvalue weighted by atomic mass is 10.3. The topological polar surface area (TPSA) is 97.0 Å². The number of aromatic nitrogens is 4. The number of hydrogen-bond acceptors (Lipinski definition) is 7. The van der Waals surface area contributed by atoms with Crippen molar-refractivity contribution < 1.29 is 9.74 Å². The fourth-order valence-corrected chi connectivity index (χ4v) is 1.74. The quantitative estimate of drug-likeness (QED) is 0.679. The number of nitrogens with one attached hydrogen (secondary N) is 1. The van der Waals surface area contributed by atoms with Gasteiger partial charge in [0.2, 0.25) is 11.3 Å². The van der Waals surface area contributed by atoms with E-state index in [4.69, 9.17) is 0 Å². The maximum absolute atomic E-state index is 9.70. The zero-order valence-electron chi connectivity index (χ0n) is 8.83. The lowest BCUT2D eigenvalue weighted by molar-refractivity contribution is 0.314. The van der Waals surface area contributed by atoms with E-state index in [1.165, 1.54) is 0 Å². The summed E-state index contributed by atoms with van der Waals surface area (Å²) in [6.45, 7) is 0. The Morgan fingerprint density at radius 3 is 2.44 bits per heavy atom. The van der Waals surface area contributed by atoms with Crippen molar-refractivity contribution in [2.24, 2.45) is 0 Å². The van der Waals surface area contributed by atoms with E-state index in [9.17, 15) is 5.11 Å². The number of rotatable bonds is 2. The van der Waals surface area contributed by atoms with Gasteiger partial charge in [-0.3, -0.25) is 0 Å². The normalized spacial score (nSPS) is 10.7. The van der Waals surface area contributed by atoms with Crippen LogP contribution in [0.25, 0.3) is 11.3 Å². The number of benzene rings is 1. The lowest BCUT2D eigenvalue weighted by Gasteiger charge is -2.05. The highest BCUT2D eigenvalue weighted by Gasteiger charge is 2.11. The van der Waals surface area contributed by atoms with Crippen LogP contribution in [0, 0.1) is 3.57 Å². The summed E-state index contributed by atoms with van der Waals surface area (Å²) in [5.41, 5.74) is 1.19. The fraction of sp³-hybridized carbons (Fsp3) is 0. The summed E-state index contributed by atoms with van der Waals surface area (Å²) in [6, 6.07) is 7.61. The molecule has 90 valence electrons. The Hall–Kier alpha value is -1.97. The lowest BCUT2D eigenvalue weighted by Crippen LogP contribution is -1.96. The Labute approximate surface area is 114 Å². The van der Waals surface area contributed by atoms with E-state index in [0.29, 0.717) is 0 Å². The average Bonchev–Trinajstić information content (AvgIpc) is 2.79. The Morgan fingerprint density at radius 2 is 1.72 bits per heavy atom. The standard InChI is InChI=1S/C10H6IN5O2/c11-5-1-3-6(4-2-5)12-9-10(17)14-8-7(13-9)15-18-16-8/h1-4H,(H,12,13,15)(H,14,16,17). The Morgan fingerprint density at radius 1 is 1.06 bits per heavy atom. The first-order valence-corrected chi connectivity index (χ1v) is 6.02. The molecule has 0 aliphatic heterocycles. The van der Waals surface area contributed by atoms with Gasteiger partial charge in [0.15, 0.2) is 5.82 Å². The molecule has 0 aliphatic carbocycles. The molecule has 0 saturated carbocycles. The molecule has 3 aromatic rings. The molecule has 0 bridgehead atoms. The molecular formula is C10H6IN5O2. The summed E-state index contributed by atoms with van der Waals surface area (Å²) in [6.07, 6.45) is 0. The summed E-state index contributed by atoms with van der Waals surface area (Å²) < 4.78 is 5.59. The molecular weight excluding hydrogens is 349 g/mol. The van der Waals surface area contributed by atoms with Gasteiger partial charge in [-0.05, 0) is 57.2 Å². The number of halogens is 1. The molecule has 2 N–H and O–H groups in total. The van der Waals surface area contributed by atoms with Crippen molar-refractivity contribution in [3.8, 4) is 5.88 Å². The van der Waals surface area contributed by atoms with Crippen LogP contribution in [0.5, 0.6) is 5.88 Å². The van der Waals surface area contributed by atoms with Crippen LogP contribution in [0.1, 0.15) is 0 Å².